The molecule has 156 valence electrons. The van der Waals surface area contributed by atoms with E-state index in [2.05, 4.69) is 60.7 Å². The van der Waals surface area contributed by atoms with Gasteiger partial charge in [0.25, 0.3) is 0 Å². The third-order valence-electron chi connectivity index (χ3n) is 5.21. The van der Waals surface area contributed by atoms with Gasteiger partial charge >= 0.3 is 0 Å². The van der Waals surface area contributed by atoms with Crippen molar-refractivity contribution in [3.05, 3.63) is 28.7 Å². The van der Waals surface area contributed by atoms with Crippen LogP contribution in [0.15, 0.2) is 33.7 Å². The Kier molecular flexibility index (Phi) is 9.84. The molecule has 0 saturated carbocycles. The van der Waals surface area contributed by atoms with Crippen LogP contribution in [0.2, 0.25) is 0 Å². The molecule has 1 atom stereocenters. The number of carbonyl (C=O) groups excluding carboxylic acids is 1. The molecule has 2 fully saturated rings. The van der Waals surface area contributed by atoms with Crippen molar-refractivity contribution >= 4 is 57.5 Å². The molecule has 1 unspecified atom stereocenters. The van der Waals surface area contributed by atoms with Gasteiger partial charge in [0.15, 0.2) is 5.96 Å². The topological polar surface area (TPSA) is 60.0 Å². The Morgan fingerprint density at radius 2 is 1.89 bits per heavy atom. The molecule has 0 aliphatic carbocycles. The van der Waals surface area contributed by atoms with Gasteiger partial charge in [-0.15, -0.1) is 24.0 Å². The fraction of sp³-hybridized carbons (Fsp3) is 0.600. The molecule has 0 radical (unpaired) electrons. The lowest BCUT2D eigenvalue weighted by molar-refractivity contribution is -0.128. The van der Waals surface area contributed by atoms with Crippen LogP contribution in [0.4, 0.5) is 5.69 Å². The van der Waals surface area contributed by atoms with E-state index < -0.39 is 0 Å². The molecule has 3 rings (SSSR count). The number of nitrogens with zero attached hydrogens (tertiary/aromatic N) is 3. The predicted octanol–water partition coefficient (Wildman–Crippen LogP) is 3.07. The van der Waals surface area contributed by atoms with E-state index >= 15 is 0 Å². The van der Waals surface area contributed by atoms with Crippen LogP contribution in [0, 0.1) is 5.92 Å². The zero-order chi connectivity index (χ0) is 19.1. The zero-order valence-electron chi connectivity index (χ0n) is 16.5. The third kappa shape index (κ3) is 6.79. The number of amides is 1. The van der Waals surface area contributed by atoms with E-state index in [1.165, 1.54) is 5.69 Å². The number of benzene rings is 1. The largest absolute Gasteiger partial charge is 0.371 e. The number of hydrogen-bond donors (Lipinski definition) is 2. The second kappa shape index (κ2) is 11.8. The lowest BCUT2D eigenvalue weighted by atomic mass is 10.1. The fourth-order valence-corrected chi connectivity index (χ4v) is 3.95. The molecule has 8 heteroatoms. The normalized spacial score (nSPS) is 19.5. The molecule has 1 aromatic rings. The minimum atomic E-state index is 0. The van der Waals surface area contributed by atoms with Gasteiger partial charge in [-0.2, -0.15) is 0 Å². The summed E-state index contributed by atoms with van der Waals surface area (Å²) in [5.74, 6) is 1.45. The van der Waals surface area contributed by atoms with Gasteiger partial charge in [0.2, 0.25) is 5.91 Å². The second-order valence-electron chi connectivity index (χ2n) is 7.24. The molecule has 1 amide bonds. The van der Waals surface area contributed by atoms with E-state index in [-0.39, 0.29) is 36.4 Å². The molecule has 2 N–H and O–H groups in total. The van der Waals surface area contributed by atoms with Crippen molar-refractivity contribution in [3.8, 4) is 0 Å². The lowest BCUT2D eigenvalue weighted by Gasteiger charge is -2.20. The molecular weight excluding hydrogens is 533 g/mol. The molecule has 0 aromatic heterocycles. The Labute approximate surface area is 193 Å². The van der Waals surface area contributed by atoms with E-state index in [0.717, 1.165) is 69.0 Å². The van der Waals surface area contributed by atoms with Crippen molar-refractivity contribution in [2.45, 2.75) is 26.2 Å². The van der Waals surface area contributed by atoms with Crippen LogP contribution in [-0.4, -0.2) is 62.6 Å². The van der Waals surface area contributed by atoms with Crippen LogP contribution < -0.4 is 15.5 Å². The van der Waals surface area contributed by atoms with Gasteiger partial charge < -0.3 is 20.4 Å². The molecule has 1 aromatic carbocycles. The number of halogens is 2. The maximum absolute atomic E-state index is 12.2. The number of hydrogen-bond acceptors (Lipinski definition) is 3. The number of likely N-dealkylation sites (tertiary alicyclic amines) is 1. The maximum Gasteiger partial charge on any atom is 0.244 e. The summed E-state index contributed by atoms with van der Waals surface area (Å²) in [6.45, 7) is 7.82. The first-order chi connectivity index (χ1) is 13.2. The van der Waals surface area contributed by atoms with Crippen molar-refractivity contribution in [1.29, 1.82) is 0 Å². The van der Waals surface area contributed by atoms with Crippen LogP contribution in [-0.2, 0) is 4.79 Å². The van der Waals surface area contributed by atoms with Gasteiger partial charge in [0.1, 0.15) is 6.54 Å². The highest BCUT2D eigenvalue weighted by Crippen LogP contribution is 2.24. The Morgan fingerprint density at radius 1 is 1.18 bits per heavy atom. The summed E-state index contributed by atoms with van der Waals surface area (Å²) in [6.07, 6.45) is 3.39. The van der Waals surface area contributed by atoms with Gasteiger partial charge in [0, 0.05) is 49.4 Å². The van der Waals surface area contributed by atoms with E-state index in [9.17, 15) is 4.79 Å². The first-order valence-corrected chi connectivity index (χ1v) is 10.8. The second-order valence-corrected chi connectivity index (χ2v) is 8.16. The van der Waals surface area contributed by atoms with Gasteiger partial charge in [0.05, 0.1) is 0 Å². The van der Waals surface area contributed by atoms with Crippen molar-refractivity contribution in [3.63, 3.8) is 0 Å². The first-order valence-electron chi connectivity index (χ1n) is 9.96. The van der Waals surface area contributed by atoms with Crippen LogP contribution in [0.1, 0.15) is 26.2 Å². The fourth-order valence-electron chi connectivity index (χ4n) is 3.68. The number of rotatable bonds is 6. The predicted molar refractivity (Wildman–Crippen MR) is 130 cm³/mol. The summed E-state index contributed by atoms with van der Waals surface area (Å²) in [7, 11) is 0. The average molecular weight is 564 g/mol. The Morgan fingerprint density at radius 3 is 2.57 bits per heavy atom. The molecule has 2 aliphatic rings. The molecule has 2 aliphatic heterocycles. The third-order valence-corrected chi connectivity index (χ3v) is 5.74. The minimum absolute atomic E-state index is 0. The maximum atomic E-state index is 12.2. The van der Waals surface area contributed by atoms with Crippen LogP contribution in [0.5, 0.6) is 0 Å². The van der Waals surface area contributed by atoms with Crippen LogP contribution in [0.3, 0.4) is 0 Å². The molecule has 2 saturated heterocycles. The van der Waals surface area contributed by atoms with Crippen molar-refractivity contribution in [1.82, 2.24) is 15.5 Å². The molecule has 2 heterocycles. The summed E-state index contributed by atoms with van der Waals surface area (Å²) in [6, 6.07) is 8.51. The van der Waals surface area contributed by atoms with Crippen molar-refractivity contribution in [2.75, 3.05) is 50.7 Å². The highest BCUT2D eigenvalue weighted by atomic mass is 127. The van der Waals surface area contributed by atoms with Gasteiger partial charge in [-0.1, -0.05) is 15.9 Å². The summed E-state index contributed by atoms with van der Waals surface area (Å²) >= 11 is 3.49. The smallest absolute Gasteiger partial charge is 0.244 e. The number of guanidine groups is 1. The first kappa shape index (κ1) is 23.3. The monoisotopic (exact) mass is 563 g/mol. The quantitative estimate of drug-likeness (QED) is 0.317. The number of nitrogens with one attached hydrogen (secondary N) is 2. The average Bonchev–Trinajstić information content (AvgIpc) is 3.36. The standard InChI is InChI=1S/C20H30BrN5O.HI/c1-2-22-20(24-14-19(27)25-10-3-4-11-25)23-13-16-9-12-26(15-16)18-7-5-17(21)6-8-18;/h5-8,16H,2-4,9-15H2,1H3,(H2,22,23,24);1H. The van der Waals surface area contributed by atoms with E-state index in [1.54, 1.807) is 0 Å². The minimum Gasteiger partial charge on any atom is -0.371 e. The highest BCUT2D eigenvalue weighted by molar-refractivity contribution is 14.0. The van der Waals surface area contributed by atoms with Crippen LogP contribution in [0.25, 0.3) is 0 Å². The Bertz CT molecular complexity index is 649. The Balaban J connectivity index is 0.00000280. The van der Waals surface area contributed by atoms with E-state index in [1.807, 2.05) is 11.8 Å². The molecular formula is C20H31BrIN5O. The number of aliphatic imine (C=N–C) groups is 1. The van der Waals surface area contributed by atoms with Gasteiger partial charge in [-0.25, -0.2) is 4.99 Å². The molecule has 0 spiro atoms. The highest BCUT2D eigenvalue weighted by Gasteiger charge is 2.23. The van der Waals surface area contributed by atoms with Crippen molar-refractivity contribution < 1.29 is 4.79 Å². The van der Waals surface area contributed by atoms with E-state index in [4.69, 9.17) is 0 Å². The lowest BCUT2D eigenvalue weighted by Crippen LogP contribution is -2.41. The van der Waals surface area contributed by atoms with Gasteiger partial charge in [-0.05, 0) is 56.4 Å². The van der Waals surface area contributed by atoms with E-state index in [0.29, 0.717) is 5.92 Å². The molecule has 0 bridgehead atoms. The van der Waals surface area contributed by atoms with Crippen LogP contribution >= 0.6 is 39.9 Å². The SMILES string of the molecule is CCNC(=NCC(=O)N1CCCC1)NCC1CCN(c2ccc(Br)cc2)C1.I. The summed E-state index contributed by atoms with van der Waals surface area (Å²) in [4.78, 5) is 21.0. The number of carbonyl (C=O) groups is 1. The molecule has 6 nitrogen and oxygen atoms in total. The zero-order valence-corrected chi connectivity index (χ0v) is 20.4. The summed E-state index contributed by atoms with van der Waals surface area (Å²) in [5.41, 5.74) is 1.28. The molecule has 28 heavy (non-hydrogen) atoms. The number of anilines is 1. The van der Waals surface area contributed by atoms with Gasteiger partial charge in [-0.3, -0.25) is 4.79 Å². The summed E-state index contributed by atoms with van der Waals surface area (Å²) < 4.78 is 1.11. The van der Waals surface area contributed by atoms with Crippen molar-refractivity contribution in [2.24, 2.45) is 10.9 Å². The summed E-state index contributed by atoms with van der Waals surface area (Å²) in [5, 5.41) is 6.67. The Hall–Kier alpha value is -1.03.